The number of ether oxygens (including phenoxy) is 1. The summed E-state index contributed by atoms with van der Waals surface area (Å²) < 4.78 is 12.6. The molecule has 30 heavy (non-hydrogen) atoms. The van der Waals surface area contributed by atoms with Crippen LogP contribution in [0.5, 0.6) is 5.75 Å². The van der Waals surface area contributed by atoms with Crippen molar-refractivity contribution in [3.63, 3.8) is 0 Å². The minimum absolute atomic E-state index is 0.455. The molecule has 0 bridgehead atoms. The summed E-state index contributed by atoms with van der Waals surface area (Å²) in [5, 5.41) is 11.8. The van der Waals surface area contributed by atoms with E-state index in [1.165, 1.54) is 5.56 Å². The average Bonchev–Trinajstić information content (AvgIpc) is 3.30. The van der Waals surface area contributed by atoms with E-state index in [1.807, 2.05) is 50.7 Å². The summed E-state index contributed by atoms with van der Waals surface area (Å²) in [4.78, 5) is 6.89. The Kier molecular flexibility index (Phi) is 7.11. The number of aryl methyl sites for hydroxylation is 2. The summed E-state index contributed by atoms with van der Waals surface area (Å²) in [6.07, 6.45) is 2.60. The molecule has 0 unspecified atom stereocenters. The molecule has 8 nitrogen and oxygen atoms in total. The van der Waals surface area contributed by atoms with Crippen molar-refractivity contribution in [1.29, 1.82) is 0 Å². The number of hydrogen-bond donors (Lipinski definition) is 1. The Morgan fingerprint density at radius 1 is 1.20 bits per heavy atom. The van der Waals surface area contributed by atoms with E-state index in [4.69, 9.17) is 14.1 Å². The third-order valence-electron chi connectivity index (χ3n) is 5.14. The van der Waals surface area contributed by atoms with E-state index < -0.39 is 0 Å². The lowest BCUT2D eigenvalue weighted by Crippen LogP contribution is -2.39. The molecule has 0 saturated heterocycles. The molecule has 0 radical (unpaired) electrons. The smallest absolute Gasteiger partial charge is 0.194 e. The van der Waals surface area contributed by atoms with Gasteiger partial charge in [-0.15, -0.1) is 10.2 Å². The molecule has 0 fully saturated rings. The van der Waals surface area contributed by atoms with Gasteiger partial charge in [0.2, 0.25) is 0 Å². The maximum atomic E-state index is 5.43. The molecule has 0 aliphatic carbocycles. The second-order valence-corrected chi connectivity index (χ2v) is 7.25. The zero-order valence-electron chi connectivity index (χ0n) is 18.3. The molecule has 0 amide bonds. The lowest BCUT2D eigenvalue weighted by molar-refractivity contribution is 0.414. The van der Waals surface area contributed by atoms with Crippen LogP contribution in [-0.2, 0) is 26.6 Å². The number of rotatable bonds is 8. The van der Waals surface area contributed by atoms with Crippen LogP contribution in [0.4, 0.5) is 0 Å². The van der Waals surface area contributed by atoms with Crippen LogP contribution in [0.3, 0.4) is 0 Å². The van der Waals surface area contributed by atoms with E-state index in [0.29, 0.717) is 13.1 Å². The first-order valence-corrected chi connectivity index (χ1v) is 9.98. The number of aromatic nitrogens is 3. The van der Waals surface area contributed by atoms with Gasteiger partial charge in [0.05, 0.1) is 13.4 Å². The third-order valence-corrected chi connectivity index (χ3v) is 5.14. The summed E-state index contributed by atoms with van der Waals surface area (Å²) >= 11 is 0. The zero-order chi connectivity index (χ0) is 21.5. The van der Waals surface area contributed by atoms with Gasteiger partial charge in [0, 0.05) is 32.7 Å². The molecule has 0 aliphatic rings. The lowest BCUT2D eigenvalue weighted by atomic mass is 10.1. The molecule has 0 saturated carbocycles. The summed E-state index contributed by atoms with van der Waals surface area (Å²) in [6, 6.07) is 10.1. The first-order valence-electron chi connectivity index (χ1n) is 9.98. The number of nitrogens with one attached hydrogen (secondary N) is 1. The van der Waals surface area contributed by atoms with E-state index in [0.717, 1.165) is 47.6 Å². The molecule has 160 valence electrons. The summed E-state index contributed by atoms with van der Waals surface area (Å²) in [5.74, 6) is 4.29. The zero-order valence-corrected chi connectivity index (χ0v) is 18.3. The molecule has 8 heteroatoms. The highest BCUT2D eigenvalue weighted by Crippen LogP contribution is 2.13. The maximum absolute atomic E-state index is 5.43. The van der Waals surface area contributed by atoms with Crippen LogP contribution in [0, 0.1) is 13.8 Å². The Bertz CT molecular complexity index is 974. The first kappa shape index (κ1) is 21.4. The summed E-state index contributed by atoms with van der Waals surface area (Å²) in [6.45, 7) is 5.82. The first-order chi connectivity index (χ1) is 14.5. The van der Waals surface area contributed by atoms with E-state index in [-0.39, 0.29) is 0 Å². The Hall–Kier alpha value is -3.29. The predicted molar refractivity (Wildman–Crippen MR) is 116 cm³/mol. The summed E-state index contributed by atoms with van der Waals surface area (Å²) in [7, 11) is 5.65. The van der Waals surface area contributed by atoms with E-state index in [1.54, 1.807) is 13.4 Å². The normalized spacial score (nSPS) is 11.6. The summed E-state index contributed by atoms with van der Waals surface area (Å²) in [5.41, 5.74) is 2.37. The predicted octanol–water partition coefficient (Wildman–Crippen LogP) is 2.85. The molecule has 0 atom stereocenters. The molecule has 2 heterocycles. The van der Waals surface area contributed by atoms with Crippen molar-refractivity contribution in [3.8, 4) is 5.75 Å². The van der Waals surface area contributed by atoms with Crippen molar-refractivity contribution >= 4 is 5.96 Å². The van der Waals surface area contributed by atoms with Gasteiger partial charge in [0.25, 0.3) is 0 Å². The minimum Gasteiger partial charge on any atom is -0.497 e. The third kappa shape index (κ3) is 5.40. The van der Waals surface area contributed by atoms with Gasteiger partial charge in [0.15, 0.2) is 11.8 Å². The number of methoxy groups -OCH3 is 1. The number of nitrogens with zero attached hydrogens (tertiary/aromatic N) is 5. The van der Waals surface area contributed by atoms with Crippen molar-refractivity contribution in [2.45, 2.75) is 33.4 Å². The second-order valence-electron chi connectivity index (χ2n) is 7.25. The molecular formula is C22H30N6O2. The van der Waals surface area contributed by atoms with Crippen LogP contribution in [0.1, 0.15) is 28.5 Å². The van der Waals surface area contributed by atoms with Gasteiger partial charge in [-0.2, -0.15) is 0 Å². The van der Waals surface area contributed by atoms with Gasteiger partial charge >= 0.3 is 0 Å². The fourth-order valence-electron chi connectivity index (χ4n) is 3.06. The molecule has 3 aromatic rings. The van der Waals surface area contributed by atoms with E-state index in [9.17, 15) is 0 Å². The fourth-order valence-corrected chi connectivity index (χ4v) is 3.06. The SMILES string of the molecule is COc1ccc(CCNC(=NCc2nnc(C)n2C)N(C)Cc2ccoc2C)cc1. The Morgan fingerprint density at radius 2 is 1.97 bits per heavy atom. The van der Waals surface area contributed by atoms with Crippen molar-refractivity contribution in [3.05, 3.63) is 65.1 Å². The molecular weight excluding hydrogens is 380 g/mol. The van der Waals surface area contributed by atoms with Gasteiger partial charge in [0.1, 0.15) is 23.9 Å². The Morgan fingerprint density at radius 3 is 2.57 bits per heavy atom. The van der Waals surface area contributed by atoms with Crippen LogP contribution < -0.4 is 10.1 Å². The van der Waals surface area contributed by atoms with Crippen LogP contribution in [-0.4, -0.2) is 46.3 Å². The number of benzene rings is 1. The van der Waals surface area contributed by atoms with Crippen LogP contribution >= 0.6 is 0 Å². The Balaban J connectivity index is 1.68. The monoisotopic (exact) mass is 410 g/mol. The largest absolute Gasteiger partial charge is 0.497 e. The molecule has 1 N–H and O–H groups in total. The van der Waals surface area contributed by atoms with Crippen molar-refractivity contribution in [1.82, 2.24) is 25.0 Å². The second kappa shape index (κ2) is 9.96. The van der Waals surface area contributed by atoms with Gasteiger partial charge in [-0.05, 0) is 44.0 Å². The number of guanidine groups is 1. The van der Waals surface area contributed by atoms with Crippen molar-refractivity contribution in [2.75, 3.05) is 20.7 Å². The quantitative estimate of drug-likeness (QED) is 0.454. The lowest BCUT2D eigenvalue weighted by Gasteiger charge is -2.22. The molecule has 0 spiro atoms. The van der Waals surface area contributed by atoms with Crippen LogP contribution in [0.25, 0.3) is 0 Å². The molecule has 2 aromatic heterocycles. The molecule has 0 aliphatic heterocycles. The van der Waals surface area contributed by atoms with Gasteiger partial charge in [-0.3, -0.25) is 0 Å². The maximum Gasteiger partial charge on any atom is 0.194 e. The van der Waals surface area contributed by atoms with Gasteiger partial charge < -0.3 is 23.9 Å². The fraction of sp³-hybridized carbons (Fsp3) is 0.409. The van der Waals surface area contributed by atoms with Gasteiger partial charge in [-0.1, -0.05) is 12.1 Å². The molecule has 1 aromatic carbocycles. The topological polar surface area (TPSA) is 80.7 Å². The highest BCUT2D eigenvalue weighted by molar-refractivity contribution is 5.79. The highest BCUT2D eigenvalue weighted by atomic mass is 16.5. The number of furan rings is 1. The van der Waals surface area contributed by atoms with Gasteiger partial charge in [-0.25, -0.2) is 4.99 Å². The standard InChI is InChI=1S/C22H30N6O2/c1-16-19(11-13-30-16)15-27(3)22(24-14-21-26-25-17(2)28(21)4)23-12-10-18-6-8-20(29-5)9-7-18/h6-9,11,13H,10,12,14-15H2,1-5H3,(H,23,24). The van der Waals surface area contributed by atoms with E-state index in [2.05, 4.69) is 32.5 Å². The Labute approximate surface area is 177 Å². The molecule has 3 rings (SSSR count). The van der Waals surface area contributed by atoms with Crippen molar-refractivity contribution < 1.29 is 9.15 Å². The van der Waals surface area contributed by atoms with Crippen LogP contribution in [0.2, 0.25) is 0 Å². The number of aliphatic imine (C=N–C) groups is 1. The van der Waals surface area contributed by atoms with Crippen molar-refractivity contribution in [2.24, 2.45) is 12.0 Å². The average molecular weight is 411 g/mol. The number of hydrogen-bond acceptors (Lipinski definition) is 5. The highest BCUT2D eigenvalue weighted by Gasteiger charge is 2.12. The minimum atomic E-state index is 0.455. The van der Waals surface area contributed by atoms with E-state index >= 15 is 0 Å². The van der Waals surface area contributed by atoms with Crippen LogP contribution in [0.15, 0.2) is 46.0 Å².